The quantitative estimate of drug-likeness (QED) is 0.718. The third kappa shape index (κ3) is 2.17. The van der Waals surface area contributed by atoms with Crippen LogP contribution in [0.15, 0.2) is 30.5 Å². The van der Waals surface area contributed by atoms with Gasteiger partial charge in [-0.3, -0.25) is 4.98 Å². The molecule has 1 aromatic heterocycles. The number of aromatic nitrogens is 1. The maximum atomic E-state index is 4.39. The van der Waals surface area contributed by atoms with Crippen LogP contribution in [0.25, 0.3) is 10.9 Å². The minimum absolute atomic E-state index is 0.691. The maximum absolute atomic E-state index is 4.39. The van der Waals surface area contributed by atoms with E-state index in [-0.39, 0.29) is 0 Å². The summed E-state index contributed by atoms with van der Waals surface area (Å²) in [4.78, 5) is 4.39. The fourth-order valence-electron chi connectivity index (χ4n) is 1.93. The lowest BCUT2D eigenvalue weighted by Gasteiger charge is -2.08. The van der Waals surface area contributed by atoms with Crippen molar-refractivity contribution in [2.45, 2.75) is 27.2 Å². The summed E-state index contributed by atoms with van der Waals surface area (Å²) in [6.07, 6.45) is 3.04. The summed E-state index contributed by atoms with van der Waals surface area (Å²) in [7, 11) is 0. The first kappa shape index (κ1) is 10.2. The van der Waals surface area contributed by atoms with Crippen molar-refractivity contribution in [3.05, 3.63) is 41.6 Å². The van der Waals surface area contributed by atoms with E-state index in [1.54, 1.807) is 0 Å². The Morgan fingerprint density at radius 3 is 2.73 bits per heavy atom. The summed E-state index contributed by atoms with van der Waals surface area (Å²) >= 11 is 0. The molecule has 0 amide bonds. The van der Waals surface area contributed by atoms with Gasteiger partial charge < -0.3 is 0 Å². The normalized spacial score (nSPS) is 11.2. The molecule has 0 saturated heterocycles. The molecule has 78 valence electrons. The van der Waals surface area contributed by atoms with Crippen molar-refractivity contribution in [3.63, 3.8) is 0 Å². The average Bonchev–Trinajstić information content (AvgIpc) is 2.18. The molecule has 0 aliphatic heterocycles. The summed E-state index contributed by atoms with van der Waals surface area (Å²) in [6, 6.07) is 8.60. The van der Waals surface area contributed by atoms with Crippen molar-refractivity contribution >= 4 is 10.9 Å². The topological polar surface area (TPSA) is 12.9 Å². The van der Waals surface area contributed by atoms with Crippen LogP contribution in [-0.2, 0) is 6.42 Å². The van der Waals surface area contributed by atoms with Crippen molar-refractivity contribution in [3.8, 4) is 0 Å². The van der Waals surface area contributed by atoms with E-state index in [1.807, 2.05) is 6.20 Å². The maximum Gasteiger partial charge on any atom is 0.0704 e. The Bertz CT molecular complexity index is 472. The molecule has 1 heterocycles. The minimum atomic E-state index is 0.691. The van der Waals surface area contributed by atoms with Crippen LogP contribution in [0, 0.1) is 12.8 Å². The molecule has 0 N–H and O–H groups in total. The van der Waals surface area contributed by atoms with Gasteiger partial charge in [0.25, 0.3) is 0 Å². The van der Waals surface area contributed by atoms with E-state index in [0.717, 1.165) is 11.9 Å². The monoisotopic (exact) mass is 199 g/mol. The molecule has 1 aromatic carbocycles. The molecule has 2 rings (SSSR count). The predicted octanol–water partition coefficient (Wildman–Crippen LogP) is 3.74. The van der Waals surface area contributed by atoms with Gasteiger partial charge in [-0.15, -0.1) is 0 Å². The summed E-state index contributed by atoms with van der Waals surface area (Å²) in [6.45, 7) is 6.63. The predicted molar refractivity (Wildman–Crippen MR) is 65.0 cm³/mol. The Balaban J connectivity index is 2.58. The number of nitrogens with zero attached hydrogens (tertiary/aromatic N) is 1. The largest absolute Gasteiger partial charge is 0.256 e. The van der Waals surface area contributed by atoms with Gasteiger partial charge >= 0.3 is 0 Å². The fourth-order valence-corrected chi connectivity index (χ4v) is 1.93. The lowest BCUT2D eigenvalue weighted by Crippen LogP contribution is -1.96. The second-order valence-electron chi connectivity index (χ2n) is 4.59. The Morgan fingerprint density at radius 1 is 1.20 bits per heavy atom. The molecular weight excluding hydrogens is 182 g/mol. The summed E-state index contributed by atoms with van der Waals surface area (Å²) < 4.78 is 0. The van der Waals surface area contributed by atoms with Gasteiger partial charge in [-0.25, -0.2) is 0 Å². The molecule has 1 heteroatoms. The van der Waals surface area contributed by atoms with Gasteiger partial charge in [0.05, 0.1) is 5.52 Å². The highest BCUT2D eigenvalue weighted by molar-refractivity contribution is 5.82. The third-order valence-corrected chi connectivity index (χ3v) is 2.62. The first-order valence-corrected chi connectivity index (χ1v) is 5.51. The van der Waals surface area contributed by atoms with E-state index in [1.165, 1.54) is 16.5 Å². The lowest BCUT2D eigenvalue weighted by atomic mass is 9.98. The van der Waals surface area contributed by atoms with Gasteiger partial charge in [0.1, 0.15) is 0 Å². The molecule has 0 fully saturated rings. The van der Waals surface area contributed by atoms with E-state index in [9.17, 15) is 0 Å². The van der Waals surface area contributed by atoms with Crippen LogP contribution in [0.1, 0.15) is 25.0 Å². The second-order valence-corrected chi connectivity index (χ2v) is 4.59. The van der Waals surface area contributed by atoms with Crippen molar-refractivity contribution in [2.24, 2.45) is 5.92 Å². The number of benzene rings is 1. The molecule has 0 atom stereocenters. The molecule has 0 unspecified atom stereocenters. The molecule has 0 saturated carbocycles. The number of hydrogen-bond acceptors (Lipinski definition) is 1. The number of fused-ring (bicyclic) bond motifs is 1. The first-order valence-electron chi connectivity index (χ1n) is 5.51. The molecule has 1 nitrogen and oxygen atoms in total. The summed E-state index contributed by atoms with van der Waals surface area (Å²) in [5.41, 5.74) is 3.83. The standard InChI is InChI=1S/C14H17N/c1-10(2)8-12-6-7-15-14-5-4-11(3)9-13(12)14/h4-7,9-10H,8H2,1-3H3. The van der Waals surface area contributed by atoms with E-state index in [4.69, 9.17) is 0 Å². The zero-order valence-corrected chi connectivity index (χ0v) is 9.62. The number of aryl methyl sites for hydroxylation is 1. The molecular formula is C14H17N. The van der Waals surface area contributed by atoms with Gasteiger partial charge in [-0.1, -0.05) is 25.5 Å². The van der Waals surface area contributed by atoms with Gasteiger partial charge in [-0.05, 0) is 43.0 Å². The van der Waals surface area contributed by atoms with Crippen molar-refractivity contribution in [1.29, 1.82) is 0 Å². The zero-order valence-electron chi connectivity index (χ0n) is 9.62. The van der Waals surface area contributed by atoms with Crippen LogP contribution in [0.5, 0.6) is 0 Å². The number of rotatable bonds is 2. The second kappa shape index (κ2) is 4.01. The van der Waals surface area contributed by atoms with Crippen LogP contribution in [0.3, 0.4) is 0 Å². The van der Waals surface area contributed by atoms with Crippen LogP contribution >= 0.6 is 0 Å². The van der Waals surface area contributed by atoms with Crippen molar-refractivity contribution < 1.29 is 0 Å². The highest BCUT2D eigenvalue weighted by Gasteiger charge is 2.03. The average molecular weight is 199 g/mol. The fraction of sp³-hybridized carbons (Fsp3) is 0.357. The van der Waals surface area contributed by atoms with E-state index in [0.29, 0.717) is 5.92 Å². The summed E-state index contributed by atoms with van der Waals surface area (Å²) in [5, 5.41) is 1.31. The van der Waals surface area contributed by atoms with E-state index in [2.05, 4.69) is 50.0 Å². The first-order chi connectivity index (χ1) is 7.16. The molecule has 2 aromatic rings. The van der Waals surface area contributed by atoms with Crippen LogP contribution in [0.4, 0.5) is 0 Å². The Labute approximate surface area is 91.2 Å². The van der Waals surface area contributed by atoms with Gasteiger partial charge in [-0.2, -0.15) is 0 Å². The number of hydrogen-bond donors (Lipinski definition) is 0. The lowest BCUT2D eigenvalue weighted by molar-refractivity contribution is 0.650. The smallest absolute Gasteiger partial charge is 0.0704 e. The van der Waals surface area contributed by atoms with Gasteiger partial charge in [0, 0.05) is 11.6 Å². The molecule has 15 heavy (non-hydrogen) atoms. The van der Waals surface area contributed by atoms with E-state index < -0.39 is 0 Å². The highest BCUT2D eigenvalue weighted by atomic mass is 14.6. The Kier molecular flexibility index (Phi) is 2.72. The van der Waals surface area contributed by atoms with Gasteiger partial charge in [0.15, 0.2) is 0 Å². The Hall–Kier alpha value is -1.37. The van der Waals surface area contributed by atoms with Crippen molar-refractivity contribution in [1.82, 2.24) is 4.98 Å². The van der Waals surface area contributed by atoms with E-state index >= 15 is 0 Å². The zero-order chi connectivity index (χ0) is 10.8. The minimum Gasteiger partial charge on any atom is -0.256 e. The Morgan fingerprint density at radius 2 is 2.00 bits per heavy atom. The molecule has 0 spiro atoms. The summed E-state index contributed by atoms with van der Waals surface area (Å²) in [5.74, 6) is 0.691. The molecule has 0 bridgehead atoms. The van der Waals surface area contributed by atoms with Crippen molar-refractivity contribution in [2.75, 3.05) is 0 Å². The third-order valence-electron chi connectivity index (χ3n) is 2.62. The van der Waals surface area contributed by atoms with Gasteiger partial charge in [0.2, 0.25) is 0 Å². The SMILES string of the molecule is Cc1ccc2nccc(CC(C)C)c2c1. The molecule has 0 radical (unpaired) electrons. The van der Waals surface area contributed by atoms with Crippen LogP contribution in [0.2, 0.25) is 0 Å². The highest BCUT2D eigenvalue weighted by Crippen LogP contribution is 2.20. The van der Waals surface area contributed by atoms with Crippen LogP contribution < -0.4 is 0 Å². The molecule has 0 aliphatic rings. The molecule has 0 aliphatic carbocycles. The van der Waals surface area contributed by atoms with Crippen LogP contribution in [-0.4, -0.2) is 4.98 Å². The number of pyridine rings is 1.